The Kier molecular flexibility index (Phi) is 7.32. The number of hydrogen-bond donors (Lipinski definition) is 1. The van der Waals surface area contributed by atoms with Crippen molar-refractivity contribution in [2.45, 2.75) is 19.6 Å². The van der Waals surface area contributed by atoms with Crippen molar-refractivity contribution in [2.75, 3.05) is 13.2 Å². The fourth-order valence-corrected chi connectivity index (χ4v) is 3.25. The van der Waals surface area contributed by atoms with Crippen molar-refractivity contribution in [3.05, 3.63) is 82.9 Å². The van der Waals surface area contributed by atoms with Crippen LogP contribution in [-0.2, 0) is 11.4 Å². The van der Waals surface area contributed by atoms with Crippen LogP contribution in [0.1, 0.15) is 18.1 Å². The molecule has 3 aromatic carbocycles. The first-order valence-corrected chi connectivity index (χ1v) is 10.9. The van der Waals surface area contributed by atoms with Crippen LogP contribution in [0.25, 0.3) is 0 Å². The number of nitrogens with zero attached hydrogens (tertiary/aromatic N) is 1. The number of fused-ring (bicyclic) bond motifs is 1. The second kappa shape index (κ2) is 10.7. The molecular weight excluding hydrogens is 444 g/mol. The highest BCUT2D eigenvalue weighted by Crippen LogP contribution is 2.31. The second-order valence-electron chi connectivity index (χ2n) is 7.15. The number of halogens is 1. The molecule has 1 heterocycles. The summed E-state index contributed by atoms with van der Waals surface area (Å²) in [6, 6.07) is 20.1. The largest absolute Gasteiger partial charge is 0.490 e. The number of amides is 1. The number of carbonyl (C=O) groups is 1. The van der Waals surface area contributed by atoms with Gasteiger partial charge >= 0.3 is 0 Å². The van der Waals surface area contributed by atoms with Gasteiger partial charge in [0, 0.05) is 5.02 Å². The number of para-hydroxylation sites is 2. The molecule has 0 unspecified atom stereocenters. The fourth-order valence-electron chi connectivity index (χ4n) is 3.13. The van der Waals surface area contributed by atoms with Gasteiger partial charge in [-0.15, -0.1) is 0 Å². The van der Waals surface area contributed by atoms with E-state index in [1.165, 1.54) is 6.21 Å². The molecule has 8 heteroatoms. The van der Waals surface area contributed by atoms with E-state index < -0.39 is 12.0 Å². The van der Waals surface area contributed by atoms with Crippen LogP contribution in [0.15, 0.2) is 71.8 Å². The lowest BCUT2D eigenvalue weighted by Gasteiger charge is -2.24. The number of carbonyl (C=O) groups excluding carboxylic acids is 1. The highest BCUT2D eigenvalue weighted by Gasteiger charge is 2.27. The zero-order valence-electron chi connectivity index (χ0n) is 18.0. The van der Waals surface area contributed by atoms with Gasteiger partial charge in [0.1, 0.15) is 13.2 Å². The highest BCUT2D eigenvalue weighted by molar-refractivity contribution is 6.30. The predicted octanol–water partition coefficient (Wildman–Crippen LogP) is 4.61. The van der Waals surface area contributed by atoms with Gasteiger partial charge in [0.25, 0.3) is 5.91 Å². The van der Waals surface area contributed by atoms with Crippen LogP contribution in [0.2, 0.25) is 5.02 Å². The Balaban J connectivity index is 1.35. The van der Waals surface area contributed by atoms with Gasteiger partial charge in [-0.3, -0.25) is 4.79 Å². The highest BCUT2D eigenvalue weighted by atomic mass is 35.5. The summed E-state index contributed by atoms with van der Waals surface area (Å²) >= 11 is 5.93. The van der Waals surface area contributed by atoms with Crippen molar-refractivity contribution in [1.82, 2.24) is 5.43 Å². The number of ether oxygens (including phenoxy) is 4. The van der Waals surface area contributed by atoms with E-state index in [4.69, 9.17) is 30.5 Å². The Morgan fingerprint density at radius 1 is 1.09 bits per heavy atom. The van der Waals surface area contributed by atoms with Crippen molar-refractivity contribution in [1.29, 1.82) is 0 Å². The van der Waals surface area contributed by atoms with E-state index in [9.17, 15) is 4.79 Å². The first-order valence-electron chi connectivity index (χ1n) is 10.5. The average molecular weight is 467 g/mol. The van der Waals surface area contributed by atoms with Crippen molar-refractivity contribution < 1.29 is 23.7 Å². The molecule has 0 aromatic heterocycles. The van der Waals surface area contributed by atoms with E-state index in [-0.39, 0.29) is 6.61 Å². The van der Waals surface area contributed by atoms with Crippen LogP contribution in [-0.4, -0.2) is 31.4 Å². The lowest BCUT2D eigenvalue weighted by Crippen LogP contribution is -2.42. The van der Waals surface area contributed by atoms with E-state index in [1.54, 1.807) is 24.3 Å². The smallest absolute Gasteiger partial charge is 0.284 e. The summed E-state index contributed by atoms with van der Waals surface area (Å²) in [6.07, 6.45) is 0.751. The SMILES string of the molecule is CCOc1cc(/C=N\NC(=O)[C@@H]2COc3ccccc3O2)ccc1OCc1ccc(Cl)cc1. The number of hydrogen-bond acceptors (Lipinski definition) is 6. The summed E-state index contributed by atoms with van der Waals surface area (Å²) in [5.41, 5.74) is 4.22. The summed E-state index contributed by atoms with van der Waals surface area (Å²) < 4.78 is 22.9. The molecule has 3 aromatic rings. The van der Waals surface area contributed by atoms with E-state index in [1.807, 2.05) is 49.4 Å². The van der Waals surface area contributed by atoms with E-state index >= 15 is 0 Å². The van der Waals surface area contributed by atoms with Gasteiger partial charge in [-0.05, 0) is 60.5 Å². The molecule has 1 aliphatic heterocycles. The Hall–Kier alpha value is -3.71. The lowest BCUT2D eigenvalue weighted by atomic mass is 10.2. The summed E-state index contributed by atoms with van der Waals surface area (Å²) in [5.74, 6) is 1.95. The van der Waals surface area contributed by atoms with Crippen LogP contribution in [0.4, 0.5) is 0 Å². The molecular formula is C25H23ClN2O5. The summed E-state index contributed by atoms with van der Waals surface area (Å²) in [6.45, 7) is 2.88. The average Bonchev–Trinajstić information content (AvgIpc) is 2.84. The van der Waals surface area contributed by atoms with Crippen molar-refractivity contribution >= 4 is 23.7 Å². The summed E-state index contributed by atoms with van der Waals surface area (Å²) in [7, 11) is 0. The molecule has 0 aliphatic carbocycles. The van der Waals surface area contributed by atoms with Crippen LogP contribution in [0.3, 0.4) is 0 Å². The molecule has 4 rings (SSSR count). The molecule has 0 spiro atoms. The number of hydrazone groups is 1. The quantitative estimate of drug-likeness (QED) is 0.387. The Bertz CT molecular complexity index is 1130. The zero-order chi connectivity index (χ0) is 23.0. The third-order valence-corrected chi connectivity index (χ3v) is 5.02. The van der Waals surface area contributed by atoms with Crippen LogP contribution in [0.5, 0.6) is 23.0 Å². The molecule has 33 heavy (non-hydrogen) atoms. The topological polar surface area (TPSA) is 78.4 Å². The summed E-state index contributed by atoms with van der Waals surface area (Å²) in [4.78, 5) is 12.4. The van der Waals surface area contributed by atoms with Crippen molar-refractivity contribution in [2.24, 2.45) is 5.10 Å². The molecule has 1 atom stereocenters. The minimum atomic E-state index is -0.778. The van der Waals surface area contributed by atoms with E-state index in [0.717, 1.165) is 11.1 Å². The molecule has 170 valence electrons. The van der Waals surface area contributed by atoms with Gasteiger partial charge < -0.3 is 18.9 Å². The van der Waals surface area contributed by atoms with Gasteiger partial charge in [-0.25, -0.2) is 5.43 Å². The normalized spacial score (nSPS) is 14.7. The van der Waals surface area contributed by atoms with Gasteiger partial charge in [-0.2, -0.15) is 5.10 Å². The van der Waals surface area contributed by atoms with Crippen LogP contribution >= 0.6 is 11.6 Å². The van der Waals surface area contributed by atoms with Crippen LogP contribution in [0, 0.1) is 0 Å². The molecule has 0 bridgehead atoms. The van der Waals surface area contributed by atoms with Gasteiger partial charge in [0.15, 0.2) is 23.0 Å². The standard InChI is InChI=1S/C25H23ClN2O5/c1-2-30-23-13-18(9-12-21(23)31-15-17-7-10-19(26)11-8-17)14-27-28-25(29)24-16-32-20-5-3-4-6-22(20)33-24/h3-14,24H,2,15-16H2,1H3,(H,28,29)/b27-14-/t24-/m0/s1. The first kappa shape index (κ1) is 22.5. The molecule has 0 saturated carbocycles. The third kappa shape index (κ3) is 5.96. The van der Waals surface area contributed by atoms with E-state index in [2.05, 4.69) is 10.5 Å². The van der Waals surface area contributed by atoms with Crippen LogP contribution < -0.4 is 24.4 Å². The Morgan fingerprint density at radius 3 is 2.67 bits per heavy atom. The maximum atomic E-state index is 12.4. The molecule has 1 N–H and O–H groups in total. The monoisotopic (exact) mass is 466 g/mol. The summed E-state index contributed by atoms with van der Waals surface area (Å²) in [5, 5.41) is 4.71. The zero-order valence-corrected chi connectivity index (χ0v) is 18.7. The van der Waals surface area contributed by atoms with Gasteiger partial charge in [-0.1, -0.05) is 35.9 Å². The van der Waals surface area contributed by atoms with Crippen molar-refractivity contribution in [3.8, 4) is 23.0 Å². The van der Waals surface area contributed by atoms with Crippen molar-refractivity contribution in [3.63, 3.8) is 0 Å². The van der Waals surface area contributed by atoms with Gasteiger partial charge in [0.2, 0.25) is 6.10 Å². The second-order valence-corrected chi connectivity index (χ2v) is 7.59. The molecule has 7 nitrogen and oxygen atoms in total. The number of rotatable bonds is 8. The van der Waals surface area contributed by atoms with Gasteiger partial charge in [0.05, 0.1) is 12.8 Å². The fraction of sp³-hybridized carbons (Fsp3) is 0.200. The molecule has 0 fully saturated rings. The van der Waals surface area contributed by atoms with E-state index in [0.29, 0.717) is 41.2 Å². The third-order valence-electron chi connectivity index (χ3n) is 4.76. The predicted molar refractivity (Wildman–Crippen MR) is 125 cm³/mol. The lowest BCUT2D eigenvalue weighted by molar-refractivity contribution is -0.130. The molecule has 0 radical (unpaired) electrons. The minimum Gasteiger partial charge on any atom is -0.490 e. The number of nitrogens with one attached hydrogen (secondary N) is 1. The number of benzene rings is 3. The molecule has 1 aliphatic rings. The maximum absolute atomic E-state index is 12.4. The minimum absolute atomic E-state index is 0.118. The molecule has 0 saturated heterocycles. The first-order chi connectivity index (χ1) is 16.1. The Morgan fingerprint density at radius 2 is 1.88 bits per heavy atom. The Labute approximate surface area is 196 Å². The molecule has 1 amide bonds. The maximum Gasteiger partial charge on any atom is 0.284 e.